The fourth-order valence-electron chi connectivity index (χ4n) is 4.11. The quantitative estimate of drug-likeness (QED) is 0.372. The second-order valence-electron chi connectivity index (χ2n) is 8.24. The number of aryl methyl sites for hydroxylation is 1. The summed E-state index contributed by atoms with van der Waals surface area (Å²) >= 11 is 0. The van der Waals surface area contributed by atoms with Gasteiger partial charge in [0.25, 0.3) is 5.91 Å². The molecule has 5 heteroatoms. The van der Waals surface area contributed by atoms with Crippen molar-refractivity contribution in [1.29, 1.82) is 0 Å². The van der Waals surface area contributed by atoms with Crippen molar-refractivity contribution in [2.75, 3.05) is 13.2 Å². The number of amides is 1. The van der Waals surface area contributed by atoms with Crippen LogP contribution in [0.3, 0.4) is 0 Å². The second-order valence-corrected chi connectivity index (χ2v) is 8.24. The number of carbonyl (C=O) groups is 1. The molecule has 0 saturated carbocycles. The third-order valence-corrected chi connectivity index (χ3v) is 6.09. The molecule has 4 nitrogen and oxygen atoms in total. The predicted octanol–water partition coefficient (Wildman–Crippen LogP) is 5.82. The van der Waals surface area contributed by atoms with Gasteiger partial charge in [0.15, 0.2) is 0 Å². The summed E-state index contributed by atoms with van der Waals surface area (Å²) in [4.78, 5) is 12.8. The van der Waals surface area contributed by atoms with E-state index in [0.29, 0.717) is 25.3 Å². The Hall–Kier alpha value is -3.60. The van der Waals surface area contributed by atoms with Crippen LogP contribution >= 0.6 is 0 Å². The SMILES string of the molecule is CCOc1ccc(CCNC(=O)c2ccc3c(c2)c(C)c(C)n3Cc2ccc(F)cc2)cc1. The van der Waals surface area contributed by atoms with Crippen molar-refractivity contribution in [2.24, 2.45) is 0 Å². The van der Waals surface area contributed by atoms with Crippen molar-refractivity contribution >= 4 is 16.8 Å². The Kier molecular flexibility index (Phi) is 6.78. The third kappa shape index (κ3) is 5.08. The fraction of sp³-hybridized carbons (Fsp3) is 0.250. The molecule has 0 radical (unpaired) electrons. The lowest BCUT2D eigenvalue weighted by Crippen LogP contribution is -2.25. The van der Waals surface area contributed by atoms with E-state index < -0.39 is 0 Å². The third-order valence-electron chi connectivity index (χ3n) is 6.09. The zero-order chi connectivity index (χ0) is 23.4. The number of aromatic nitrogens is 1. The van der Waals surface area contributed by atoms with Crippen LogP contribution in [0, 0.1) is 19.7 Å². The van der Waals surface area contributed by atoms with Crippen LogP contribution < -0.4 is 10.1 Å². The highest BCUT2D eigenvalue weighted by molar-refractivity contribution is 5.99. The summed E-state index contributed by atoms with van der Waals surface area (Å²) in [7, 11) is 0. The molecule has 170 valence electrons. The normalized spacial score (nSPS) is 11.0. The molecule has 4 aromatic rings. The first kappa shape index (κ1) is 22.6. The lowest BCUT2D eigenvalue weighted by Gasteiger charge is -2.10. The number of fused-ring (bicyclic) bond motifs is 1. The maximum Gasteiger partial charge on any atom is 0.251 e. The van der Waals surface area contributed by atoms with Gasteiger partial charge in [0.05, 0.1) is 6.61 Å². The summed E-state index contributed by atoms with van der Waals surface area (Å²) < 4.78 is 20.9. The molecule has 33 heavy (non-hydrogen) atoms. The average Bonchev–Trinajstić information content (AvgIpc) is 3.06. The Morgan fingerprint density at radius 3 is 2.36 bits per heavy atom. The van der Waals surface area contributed by atoms with Crippen molar-refractivity contribution in [2.45, 2.75) is 33.7 Å². The van der Waals surface area contributed by atoms with Crippen LogP contribution in [0.15, 0.2) is 66.7 Å². The summed E-state index contributed by atoms with van der Waals surface area (Å²) in [6.45, 7) is 7.98. The molecule has 0 aliphatic rings. The minimum absolute atomic E-state index is 0.0776. The Bertz CT molecular complexity index is 1260. The molecule has 0 bridgehead atoms. The molecule has 1 amide bonds. The van der Waals surface area contributed by atoms with E-state index >= 15 is 0 Å². The van der Waals surface area contributed by atoms with Crippen LogP contribution in [0.4, 0.5) is 4.39 Å². The number of hydrogen-bond donors (Lipinski definition) is 1. The van der Waals surface area contributed by atoms with Gasteiger partial charge in [-0.1, -0.05) is 24.3 Å². The Balaban J connectivity index is 1.45. The first-order valence-corrected chi connectivity index (χ1v) is 11.3. The van der Waals surface area contributed by atoms with Gasteiger partial charge in [-0.25, -0.2) is 4.39 Å². The first-order valence-electron chi connectivity index (χ1n) is 11.3. The number of ether oxygens (including phenoxy) is 1. The fourth-order valence-corrected chi connectivity index (χ4v) is 4.11. The molecule has 0 aliphatic carbocycles. The molecule has 4 rings (SSSR count). The molecule has 0 spiro atoms. The number of nitrogens with zero attached hydrogens (tertiary/aromatic N) is 1. The molecule has 0 aliphatic heterocycles. The van der Waals surface area contributed by atoms with E-state index in [0.717, 1.165) is 45.5 Å². The highest BCUT2D eigenvalue weighted by atomic mass is 19.1. The van der Waals surface area contributed by atoms with E-state index in [9.17, 15) is 9.18 Å². The maximum atomic E-state index is 13.3. The van der Waals surface area contributed by atoms with Gasteiger partial charge in [0.2, 0.25) is 0 Å². The lowest BCUT2D eigenvalue weighted by atomic mass is 10.1. The van der Waals surface area contributed by atoms with E-state index in [1.807, 2.05) is 61.5 Å². The molecule has 1 aromatic heterocycles. The van der Waals surface area contributed by atoms with E-state index in [4.69, 9.17) is 4.74 Å². The molecule has 0 unspecified atom stereocenters. The summed E-state index contributed by atoms with van der Waals surface area (Å²) in [6, 6.07) is 20.4. The zero-order valence-electron chi connectivity index (χ0n) is 19.3. The molecule has 0 fully saturated rings. The lowest BCUT2D eigenvalue weighted by molar-refractivity contribution is 0.0954. The number of nitrogens with one attached hydrogen (secondary N) is 1. The number of halogens is 1. The van der Waals surface area contributed by atoms with E-state index in [-0.39, 0.29) is 11.7 Å². The molecule has 0 atom stereocenters. The monoisotopic (exact) mass is 444 g/mol. The Labute approximate surface area is 194 Å². The second kappa shape index (κ2) is 9.90. The highest BCUT2D eigenvalue weighted by Gasteiger charge is 2.14. The van der Waals surface area contributed by atoms with Gasteiger partial charge in [-0.05, 0) is 86.3 Å². The average molecular weight is 445 g/mol. The number of carbonyl (C=O) groups excluding carboxylic acids is 1. The minimum Gasteiger partial charge on any atom is -0.494 e. The zero-order valence-corrected chi connectivity index (χ0v) is 19.3. The van der Waals surface area contributed by atoms with Crippen molar-refractivity contribution < 1.29 is 13.9 Å². The Morgan fingerprint density at radius 1 is 0.970 bits per heavy atom. The van der Waals surface area contributed by atoms with Crippen molar-refractivity contribution in [3.05, 3.63) is 100 Å². The van der Waals surface area contributed by atoms with Gasteiger partial charge >= 0.3 is 0 Å². The standard InChI is InChI=1S/C28H29FN2O2/c1-4-33-25-12-7-21(8-13-25)15-16-30-28(32)23-9-14-27-26(17-23)19(2)20(3)31(27)18-22-5-10-24(29)11-6-22/h5-14,17H,4,15-16,18H2,1-3H3,(H,30,32). The number of benzene rings is 3. The molecule has 3 aromatic carbocycles. The van der Waals surface area contributed by atoms with Gasteiger partial charge in [-0.2, -0.15) is 0 Å². The first-order chi connectivity index (χ1) is 16.0. The predicted molar refractivity (Wildman–Crippen MR) is 131 cm³/mol. The number of rotatable bonds is 8. The van der Waals surface area contributed by atoms with Crippen LogP contribution in [0.2, 0.25) is 0 Å². The van der Waals surface area contributed by atoms with E-state index in [1.165, 1.54) is 12.1 Å². The van der Waals surface area contributed by atoms with Gasteiger partial charge in [-0.3, -0.25) is 4.79 Å². The number of hydrogen-bond acceptors (Lipinski definition) is 2. The van der Waals surface area contributed by atoms with E-state index in [2.05, 4.69) is 23.7 Å². The maximum absolute atomic E-state index is 13.3. The summed E-state index contributed by atoms with van der Waals surface area (Å²) in [5, 5.41) is 4.09. The topological polar surface area (TPSA) is 43.3 Å². The van der Waals surface area contributed by atoms with E-state index in [1.54, 1.807) is 0 Å². The van der Waals surface area contributed by atoms with Crippen molar-refractivity contribution in [3.63, 3.8) is 0 Å². The van der Waals surface area contributed by atoms with Crippen molar-refractivity contribution in [3.8, 4) is 5.75 Å². The van der Waals surface area contributed by atoms with Gasteiger partial charge in [0.1, 0.15) is 11.6 Å². The molecule has 0 saturated heterocycles. The van der Waals surface area contributed by atoms with Gasteiger partial charge < -0.3 is 14.6 Å². The molecule has 1 N–H and O–H groups in total. The van der Waals surface area contributed by atoms with Crippen LogP contribution in [0.5, 0.6) is 5.75 Å². The van der Waals surface area contributed by atoms with Crippen LogP contribution in [0.1, 0.15) is 39.7 Å². The van der Waals surface area contributed by atoms with Crippen LogP contribution in [0.25, 0.3) is 10.9 Å². The van der Waals surface area contributed by atoms with Gasteiger partial charge in [0, 0.05) is 35.2 Å². The summed E-state index contributed by atoms with van der Waals surface area (Å²) in [5.74, 6) is 0.545. The Morgan fingerprint density at radius 2 is 1.67 bits per heavy atom. The minimum atomic E-state index is -0.234. The largest absolute Gasteiger partial charge is 0.494 e. The molecule has 1 heterocycles. The molecular formula is C28H29FN2O2. The molecular weight excluding hydrogens is 415 g/mol. The van der Waals surface area contributed by atoms with Crippen LogP contribution in [-0.2, 0) is 13.0 Å². The summed E-state index contributed by atoms with van der Waals surface area (Å²) in [6.07, 6.45) is 0.757. The highest BCUT2D eigenvalue weighted by Crippen LogP contribution is 2.27. The summed E-state index contributed by atoms with van der Waals surface area (Å²) in [5.41, 5.74) is 6.20. The smallest absolute Gasteiger partial charge is 0.251 e. The van der Waals surface area contributed by atoms with Crippen molar-refractivity contribution in [1.82, 2.24) is 9.88 Å². The van der Waals surface area contributed by atoms with Crippen LogP contribution in [-0.4, -0.2) is 23.6 Å². The van der Waals surface area contributed by atoms with Gasteiger partial charge in [-0.15, -0.1) is 0 Å².